The molecule has 0 aromatic carbocycles. The molecule has 1 aromatic rings. The third kappa shape index (κ3) is 3.06. The quantitative estimate of drug-likeness (QED) is 0.691. The summed E-state index contributed by atoms with van der Waals surface area (Å²) in [5.41, 5.74) is 0. The Hall–Kier alpha value is -1.04. The molecule has 1 amide bonds. The highest BCUT2D eigenvalue weighted by Gasteiger charge is 2.08. The van der Waals surface area contributed by atoms with Crippen LogP contribution >= 0.6 is 12.6 Å². The summed E-state index contributed by atoms with van der Waals surface area (Å²) >= 11 is 3.97. The highest BCUT2D eigenvalue weighted by Crippen LogP contribution is 1.96. The Morgan fingerprint density at radius 2 is 2.46 bits per heavy atom. The first kappa shape index (κ1) is 10.0. The Balaban J connectivity index is 2.39. The van der Waals surface area contributed by atoms with E-state index in [4.69, 9.17) is 4.52 Å². The molecule has 1 heterocycles. The Morgan fingerprint density at radius 3 is 2.92 bits per heavy atom. The van der Waals surface area contributed by atoms with Crippen LogP contribution in [0.15, 0.2) is 4.52 Å². The fourth-order valence-electron chi connectivity index (χ4n) is 0.727. The molecule has 0 radical (unpaired) electrons. The lowest BCUT2D eigenvalue weighted by atomic mass is 10.4. The molecule has 1 unspecified atom stereocenters. The van der Waals surface area contributed by atoms with Crippen LogP contribution in [0.2, 0.25) is 0 Å². The van der Waals surface area contributed by atoms with Crippen LogP contribution in [0.25, 0.3) is 0 Å². The molecule has 5 nitrogen and oxygen atoms in total. The lowest BCUT2D eigenvalue weighted by Gasteiger charge is -2.03. The molecule has 13 heavy (non-hydrogen) atoms. The van der Waals surface area contributed by atoms with E-state index in [0.29, 0.717) is 11.7 Å². The normalized spacial score (nSPS) is 12.5. The van der Waals surface area contributed by atoms with Crippen LogP contribution in [0.1, 0.15) is 18.6 Å². The molecule has 1 aromatic heterocycles. The predicted octanol–water partition coefficient (Wildman–Crippen LogP) is 0.313. The number of amides is 1. The predicted molar refractivity (Wildman–Crippen MR) is 49.3 cm³/mol. The van der Waals surface area contributed by atoms with Crippen molar-refractivity contribution >= 4 is 18.5 Å². The molecule has 0 bridgehead atoms. The Morgan fingerprint density at radius 1 is 1.77 bits per heavy atom. The maximum Gasteiger partial charge on any atom is 0.232 e. The first-order valence-corrected chi connectivity index (χ1v) is 4.36. The number of aryl methyl sites for hydroxylation is 1. The average Bonchev–Trinajstić information content (AvgIpc) is 2.47. The summed E-state index contributed by atoms with van der Waals surface area (Å²) in [6.07, 6.45) is 0. The minimum absolute atomic E-state index is 0.147. The fourth-order valence-corrected chi connectivity index (χ4v) is 0.818. The van der Waals surface area contributed by atoms with Gasteiger partial charge in [-0.2, -0.15) is 17.6 Å². The molecule has 0 aliphatic heterocycles. The van der Waals surface area contributed by atoms with Crippen molar-refractivity contribution in [3.8, 4) is 0 Å². The van der Waals surface area contributed by atoms with Gasteiger partial charge in [0.1, 0.15) is 0 Å². The summed E-state index contributed by atoms with van der Waals surface area (Å²) < 4.78 is 4.73. The van der Waals surface area contributed by atoms with Crippen LogP contribution < -0.4 is 5.32 Å². The molecular formula is C7H11N3O2S. The van der Waals surface area contributed by atoms with Gasteiger partial charge < -0.3 is 9.84 Å². The van der Waals surface area contributed by atoms with E-state index in [1.165, 1.54) is 0 Å². The zero-order valence-corrected chi connectivity index (χ0v) is 8.34. The standard InChI is InChI=1S/C7H11N3O2S/c1-4(13)7(11)8-3-6-9-5(2)12-10-6/h4,13H,3H2,1-2H3,(H,8,11). The molecule has 6 heteroatoms. The lowest BCUT2D eigenvalue weighted by Crippen LogP contribution is -2.29. The Bertz CT molecular complexity index is 298. The van der Waals surface area contributed by atoms with E-state index < -0.39 is 0 Å². The van der Waals surface area contributed by atoms with Crippen LogP contribution in [0.3, 0.4) is 0 Å². The Labute approximate surface area is 81.3 Å². The maximum absolute atomic E-state index is 11.0. The van der Waals surface area contributed by atoms with Gasteiger partial charge in [-0.05, 0) is 6.92 Å². The molecule has 0 fully saturated rings. The summed E-state index contributed by atoms with van der Waals surface area (Å²) in [4.78, 5) is 15.0. The van der Waals surface area contributed by atoms with Crippen LogP contribution in [0, 0.1) is 6.92 Å². The minimum atomic E-state index is -0.326. The number of thiol groups is 1. The van der Waals surface area contributed by atoms with Crippen molar-refractivity contribution in [2.24, 2.45) is 0 Å². The highest BCUT2D eigenvalue weighted by molar-refractivity contribution is 7.81. The first-order valence-electron chi connectivity index (χ1n) is 3.84. The molecule has 0 aliphatic carbocycles. The first-order chi connectivity index (χ1) is 6.09. The van der Waals surface area contributed by atoms with E-state index in [9.17, 15) is 4.79 Å². The second-order valence-electron chi connectivity index (χ2n) is 2.62. The smallest absolute Gasteiger partial charge is 0.232 e. The SMILES string of the molecule is Cc1nc(CNC(=O)C(C)S)no1. The summed E-state index contributed by atoms with van der Waals surface area (Å²) in [5.74, 6) is 0.814. The molecule has 1 N–H and O–H groups in total. The van der Waals surface area contributed by atoms with Crippen LogP contribution in [-0.4, -0.2) is 21.3 Å². The molecule has 1 atom stereocenters. The van der Waals surface area contributed by atoms with E-state index in [-0.39, 0.29) is 17.7 Å². The van der Waals surface area contributed by atoms with Crippen LogP contribution in [-0.2, 0) is 11.3 Å². The number of nitrogens with zero attached hydrogens (tertiary/aromatic N) is 2. The highest BCUT2D eigenvalue weighted by atomic mass is 32.1. The molecule has 0 saturated heterocycles. The molecular weight excluding hydrogens is 190 g/mol. The number of carbonyl (C=O) groups excluding carboxylic acids is 1. The minimum Gasteiger partial charge on any atom is -0.348 e. The lowest BCUT2D eigenvalue weighted by molar-refractivity contribution is -0.120. The van der Waals surface area contributed by atoms with Gasteiger partial charge in [0.25, 0.3) is 0 Å². The maximum atomic E-state index is 11.0. The van der Waals surface area contributed by atoms with Gasteiger partial charge in [0.15, 0.2) is 5.82 Å². The van der Waals surface area contributed by atoms with E-state index in [0.717, 1.165) is 0 Å². The van der Waals surface area contributed by atoms with Gasteiger partial charge in [0, 0.05) is 6.92 Å². The van der Waals surface area contributed by atoms with E-state index in [2.05, 4.69) is 28.1 Å². The second-order valence-corrected chi connectivity index (χ2v) is 3.40. The van der Waals surface area contributed by atoms with Crippen LogP contribution in [0.5, 0.6) is 0 Å². The van der Waals surface area contributed by atoms with Crippen molar-refractivity contribution < 1.29 is 9.32 Å². The monoisotopic (exact) mass is 201 g/mol. The topological polar surface area (TPSA) is 68.0 Å². The number of aromatic nitrogens is 2. The number of rotatable bonds is 3. The van der Waals surface area contributed by atoms with Gasteiger partial charge in [-0.1, -0.05) is 5.16 Å². The summed E-state index contributed by atoms with van der Waals surface area (Å²) in [7, 11) is 0. The van der Waals surface area contributed by atoms with Gasteiger partial charge in [0.05, 0.1) is 11.8 Å². The zero-order chi connectivity index (χ0) is 9.84. The van der Waals surface area contributed by atoms with E-state index >= 15 is 0 Å². The van der Waals surface area contributed by atoms with Gasteiger partial charge in [0.2, 0.25) is 11.8 Å². The number of hydrogen-bond acceptors (Lipinski definition) is 5. The van der Waals surface area contributed by atoms with E-state index in [1.54, 1.807) is 13.8 Å². The number of hydrogen-bond donors (Lipinski definition) is 2. The average molecular weight is 201 g/mol. The van der Waals surface area contributed by atoms with Gasteiger partial charge >= 0.3 is 0 Å². The third-order valence-electron chi connectivity index (χ3n) is 1.37. The summed E-state index contributed by atoms with van der Waals surface area (Å²) in [6, 6.07) is 0. The third-order valence-corrected chi connectivity index (χ3v) is 1.60. The molecule has 0 spiro atoms. The number of carbonyl (C=O) groups is 1. The Kier molecular flexibility index (Phi) is 3.30. The largest absolute Gasteiger partial charge is 0.348 e. The summed E-state index contributed by atoms with van der Waals surface area (Å²) in [5, 5.41) is 5.91. The van der Waals surface area contributed by atoms with Crippen molar-refractivity contribution in [2.45, 2.75) is 25.6 Å². The van der Waals surface area contributed by atoms with Crippen molar-refractivity contribution in [3.63, 3.8) is 0 Å². The van der Waals surface area contributed by atoms with E-state index in [1.807, 2.05) is 0 Å². The molecule has 1 rings (SSSR count). The van der Waals surface area contributed by atoms with Crippen molar-refractivity contribution in [2.75, 3.05) is 0 Å². The van der Waals surface area contributed by atoms with Gasteiger partial charge in [-0.15, -0.1) is 0 Å². The fraction of sp³-hybridized carbons (Fsp3) is 0.571. The van der Waals surface area contributed by atoms with Crippen molar-refractivity contribution in [1.82, 2.24) is 15.5 Å². The van der Waals surface area contributed by atoms with Gasteiger partial charge in [-0.3, -0.25) is 4.79 Å². The van der Waals surface area contributed by atoms with Crippen molar-refractivity contribution in [1.29, 1.82) is 0 Å². The van der Waals surface area contributed by atoms with Crippen LogP contribution in [0.4, 0.5) is 0 Å². The molecule has 0 saturated carbocycles. The molecule has 0 aliphatic rings. The number of nitrogens with one attached hydrogen (secondary N) is 1. The summed E-state index contributed by atoms with van der Waals surface area (Å²) in [6.45, 7) is 3.67. The molecule has 72 valence electrons. The second kappa shape index (κ2) is 4.27. The van der Waals surface area contributed by atoms with Gasteiger partial charge in [-0.25, -0.2) is 0 Å². The van der Waals surface area contributed by atoms with Crippen molar-refractivity contribution in [3.05, 3.63) is 11.7 Å². The zero-order valence-electron chi connectivity index (χ0n) is 7.44.